The van der Waals surface area contributed by atoms with Crippen LogP contribution in [0.5, 0.6) is 0 Å². The second-order valence-corrected chi connectivity index (χ2v) is 3.47. The minimum absolute atomic E-state index is 0.137. The highest BCUT2D eigenvalue weighted by Crippen LogP contribution is 2.19. The fourth-order valence-corrected chi connectivity index (χ4v) is 1.82. The Morgan fingerprint density at radius 3 is 3.00 bits per heavy atom. The summed E-state index contributed by atoms with van der Waals surface area (Å²) < 4.78 is 0. The van der Waals surface area contributed by atoms with Crippen LogP contribution in [0.1, 0.15) is 30.9 Å². The van der Waals surface area contributed by atoms with E-state index in [4.69, 9.17) is 0 Å². The van der Waals surface area contributed by atoms with Crippen LogP contribution in [0.2, 0.25) is 0 Å². The molecule has 0 radical (unpaired) electrons. The fourth-order valence-electron chi connectivity index (χ4n) is 1.82. The summed E-state index contributed by atoms with van der Waals surface area (Å²) in [4.78, 5) is 14.4. The van der Waals surface area contributed by atoms with E-state index in [-0.39, 0.29) is 11.5 Å². The molecule has 0 bridgehead atoms. The predicted molar refractivity (Wildman–Crippen MR) is 51.7 cm³/mol. The molecule has 13 heavy (non-hydrogen) atoms. The van der Waals surface area contributed by atoms with Crippen molar-refractivity contribution in [2.24, 2.45) is 0 Å². The molecule has 3 heteroatoms. The number of rotatable bonds is 1. The maximum absolute atomic E-state index is 11.5. The lowest BCUT2D eigenvalue weighted by molar-refractivity contribution is 0.410. The molecule has 3 nitrogen and oxygen atoms in total. The van der Waals surface area contributed by atoms with Crippen LogP contribution >= 0.6 is 0 Å². The van der Waals surface area contributed by atoms with Gasteiger partial charge in [-0.05, 0) is 19.4 Å². The van der Waals surface area contributed by atoms with Gasteiger partial charge in [0.2, 0.25) is 0 Å². The Kier molecular flexibility index (Phi) is 2.45. The quantitative estimate of drug-likeness (QED) is 0.678. The van der Waals surface area contributed by atoms with Crippen molar-refractivity contribution in [3.8, 4) is 0 Å². The minimum Gasteiger partial charge on any atom is -0.367 e. The molecule has 0 aromatic carbocycles. The van der Waals surface area contributed by atoms with Gasteiger partial charge in [-0.3, -0.25) is 4.79 Å². The number of nitrogens with one attached hydrogen (secondary N) is 2. The number of piperidine rings is 1. The summed E-state index contributed by atoms with van der Waals surface area (Å²) in [7, 11) is 0. The third-order valence-corrected chi connectivity index (χ3v) is 2.54. The van der Waals surface area contributed by atoms with E-state index in [0.717, 1.165) is 18.5 Å². The number of aromatic amines is 1. The number of aromatic nitrogens is 1. The van der Waals surface area contributed by atoms with Crippen LogP contribution in [0, 0.1) is 0 Å². The Bertz CT molecular complexity index is 326. The van der Waals surface area contributed by atoms with Gasteiger partial charge in [-0.1, -0.05) is 6.42 Å². The third kappa shape index (κ3) is 1.80. The molecule has 1 aliphatic heterocycles. The van der Waals surface area contributed by atoms with E-state index in [9.17, 15) is 4.79 Å². The highest BCUT2D eigenvalue weighted by Gasteiger charge is 2.16. The second-order valence-electron chi connectivity index (χ2n) is 3.47. The van der Waals surface area contributed by atoms with Gasteiger partial charge >= 0.3 is 0 Å². The molecule has 2 N–H and O–H groups in total. The molecule has 2 heterocycles. The Morgan fingerprint density at radius 2 is 2.31 bits per heavy atom. The molecule has 2 rings (SSSR count). The highest BCUT2D eigenvalue weighted by atomic mass is 16.1. The molecule has 70 valence electrons. The van der Waals surface area contributed by atoms with Crippen LogP contribution in [0.25, 0.3) is 0 Å². The maximum atomic E-state index is 11.5. The van der Waals surface area contributed by atoms with Crippen LogP contribution in [0.4, 0.5) is 0 Å². The Hall–Kier alpha value is -1.09. The molecule has 1 atom stereocenters. The summed E-state index contributed by atoms with van der Waals surface area (Å²) in [5.74, 6) is 0. The zero-order valence-electron chi connectivity index (χ0n) is 7.55. The summed E-state index contributed by atoms with van der Waals surface area (Å²) in [6.45, 7) is 1.03. The van der Waals surface area contributed by atoms with Crippen molar-refractivity contribution in [2.75, 3.05) is 6.54 Å². The number of hydrogen-bond donors (Lipinski definition) is 2. The van der Waals surface area contributed by atoms with E-state index in [1.54, 1.807) is 12.3 Å². The topological polar surface area (TPSA) is 44.9 Å². The zero-order valence-corrected chi connectivity index (χ0v) is 7.55. The molecular weight excluding hydrogens is 164 g/mol. The molecule has 0 aliphatic carbocycles. The van der Waals surface area contributed by atoms with Crippen LogP contribution in [-0.2, 0) is 0 Å². The minimum atomic E-state index is 0.137. The highest BCUT2D eigenvalue weighted by molar-refractivity contribution is 5.14. The molecule has 0 amide bonds. The Labute approximate surface area is 77.2 Å². The van der Waals surface area contributed by atoms with Crippen molar-refractivity contribution in [3.63, 3.8) is 0 Å². The standard InChI is InChI=1S/C10H14N2O/c13-10-4-6-11-7-8(10)9-3-1-2-5-12-9/h4,6-7,9,12H,1-3,5H2,(H,11,13)/t9-/m0/s1. The molecular formula is C10H14N2O. The average molecular weight is 178 g/mol. The average Bonchev–Trinajstić information content (AvgIpc) is 2.20. The van der Waals surface area contributed by atoms with Gasteiger partial charge in [-0.25, -0.2) is 0 Å². The summed E-state index contributed by atoms with van der Waals surface area (Å²) in [6.07, 6.45) is 7.00. The van der Waals surface area contributed by atoms with Crippen molar-refractivity contribution in [1.82, 2.24) is 10.3 Å². The number of pyridine rings is 1. The van der Waals surface area contributed by atoms with Crippen LogP contribution < -0.4 is 10.7 Å². The normalized spacial score (nSPS) is 22.9. The molecule has 1 fully saturated rings. The van der Waals surface area contributed by atoms with Gasteiger partial charge in [-0.2, -0.15) is 0 Å². The Balaban J connectivity index is 2.24. The summed E-state index contributed by atoms with van der Waals surface area (Å²) in [6, 6.07) is 1.85. The van der Waals surface area contributed by atoms with Gasteiger partial charge in [0.1, 0.15) is 0 Å². The van der Waals surface area contributed by atoms with E-state index in [0.29, 0.717) is 0 Å². The zero-order chi connectivity index (χ0) is 9.10. The van der Waals surface area contributed by atoms with E-state index >= 15 is 0 Å². The van der Waals surface area contributed by atoms with Crippen molar-refractivity contribution in [2.45, 2.75) is 25.3 Å². The van der Waals surface area contributed by atoms with E-state index in [1.807, 2.05) is 6.20 Å². The summed E-state index contributed by atoms with van der Waals surface area (Å²) in [5.41, 5.74) is 1.01. The van der Waals surface area contributed by atoms with Crippen LogP contribution in [0.15, 0.2) is 23.3 Å². The van der Waals surface area contributed by atoms with Crippen molar-refractivity contribution >= 4 is 0 Å². The van der Waals surface area contributed by atoms with Crippen LogP contribution in [0.3, 0.4) is 0 Å². The molecule has 0 unspecified atom stereocenters. The van der Waals surface area contributed by atoms with Gasteiger partial charge in [0.15, 0.2) is 5.43 Å². The van der Waals surface area contributed by atoms with Gasteiger partial charge in [0, 0.05) is 30.1 Å². The van der Waals surface area contributed by atoms with E-state index in [2.05, 4.69) is 10.3 Å². The van der Waals surface area contributed by atoms with Crippen LogP contribution in [-0.4, -0.2) is 11.5 Å². The van der Waals surface area contributed by atoms with Gasteiger partial charge in [0.25, 0.3) is 0 Å². The number of hydrogen-bond acceptors (Lipinski definition) is 2. The summed E-state index contributed by atoms with van der Waals surface area (Å²) in [5, 5.41) is 3.36. The maximum Gasteiger partial charge on any atom is 0.186 e. The van der Waals surface area contributed by atoms with E-state index in [1.165, 1.54) is 12.8 Å². The first-order chi connectivity index (χ1) is 6.38. The van der Waals surface area contributed by atoms with Crippen molar-refractivity contribution < 1.29 is 0 Å². The molecule has 1 aliphatic rings. The second kappa shape index (κ2) is 3.75. The van der Waals surface area contributed by atoms with Gasteiger partial charge in [0.05, 0.1) is 0 Å². The number of H-pyrrole nitrogens is 1. The first-order valence-corrected chi connectivity index (χ1v) is 4.78. The molecule has 1 aromatic heterocycles. The lowest BCUT2D eigenvalue weighted by Gasteiger charge is -2.22. The third-order valence-electron chi connectivity index (χ3n) is 2.54. The lowest BCUT2D eigenvalue weighted by Crippen LogP contribution is -2.30. The molecule has 1 saturated heterocycles. The van der Waals surface area contributed by atoms with Gasteiger partial charge in [-0.15, -0.1) is 0 Å². The van der Waals surface area contributed by atoms with E-state index < -0.39 is 0 Å². The Morgan fingerprint density at radius 1 is 1.38 bits per heavy atom. The van der Waals surface area contributed by atoms with Gasteiger partial charge < -0.3 is 10.3 Å². The van der Waals surface area contributed by atoms with Crippen molar-refractivity contribution in [1.29, 1.82) is 0 Å². The molecule has 1 aromatic rings. The molecule has 0 saturated carbocycles. The first-order valence-electron chi connectivity index (χ1n) is 4.78. The lowest BCUT2D eigenvalue weighted by atomic mass is 9.99. The van der Waals surface area contributed by atoms with Crippen molar-refractivity contribution in [3.05, 3.63) is 34.2 Å². The SMILES string of the molecule is O=c1cc[nH]cc1[C@@H]1CCCCN1. The largest absolute Gasteiger partial charge is 0.367 e. The first kappa shape index (κ1) is 8.51. The smallest absolute Gasteiger partial charge is 0.186 e. The fraction of sp³-hybridized carbons (Fsp3) is 0.500. The predicted octanol–water partition coefficient (Wildman–Crippen LogP) is 1.19. The molecule has 0 spiro atoms. The monoisotopic (exact) mass is 178 g/mol. The summed E-state index contributed by atoms with van der Waals surface area (Å²) >= 11 is 0.